The van der Waals surface area contributed by atoms with Gasteiger partial charge in [0.15, 0.2) is 0 Å². The van der Waals surface area contributed by atoms with Crippen LogP contribution < -0.4 is 11.1 Å². The van der Waals surface area contributed by atoms with Gasteiger partial charge in [0.1, 0.15) is 0 Å². The highest BCUT2D eigenvalue weighted by Crippen LogP contribution is 2.30. The van der Waals surface area contributed by atoms with E-state index in [1.165, 1.54) is 5.56 Å². The van der Waals surface area contributed by atoms with Crippen LogP contribution in [-0.4, -0.2) is 18.0 Å². The van der Waals surface area contributed by atoms with E-state index in [1.54, 1.807) is 13.8 Å². The van der Waals surface area contributed by atoms with E-state index in [2.05, 4.69) is 31.3 Å². The van der Waals surface area contributed by atoms with E-state index in [1.807, 2.05) is 18.2 Å². The van der Waals surface area contributed by atoms with Crippen LogP contribution in [0.5, 0.6) is 0 Å². The van der Waals surface area contributed by atoms with Crippen molar-refractivity contribution in [3.8, 4) is 0 Å². The van der Waals surface area contributed by atoms with Crippen LogP contribution in [0.25, 0.3) is 0 Å². The lowest BCUT2D eigenvalue weighted by Gasteiger charge is -2.33. The summed E-state index contributed by atoms with van der Waals surface area (Å²) in [5.74, 6) is -0.102. The molecule has 0 fully saturated rings. The van der Waals surface area contributed by atoms with Gasteiger partial charge in [-0.1, -0.05) is 44.2 Å². The number of carbonyl (C=O) groups is 1. The van der Waals surface area contributed by atoms with Crippen LogP contribution in [0.1, 0.15) is 46.1 Å². The number of nitrogens with one attached hydrogen (secondary N) is 1. The molecule has 0 atom stereocenters. The first-order valence-corrected chi connectivity index (χ1v) is 6.98. The SMILES string of the molecule is CCC(CC)(CNC(=O)C(C)(C)N)c1ccccc1. The Balaban J connectivity index is 2.87. The van der Waals surface area contributed by atoms with E-state index < -0.39 is 5.54 Å². The molecule has 19 heavy (non-hydrogen) atoms. The van der Waals surface area contributed by atoms with Gasteiger partial charge in [-0.3, -0.25) is 4.79 Å². The molecule has 3 N–H and O–H groups in total. The molecule has 0 unspecified atom stereocenters. The molecule has 1 rings (SSSR count). The molecule has 1 aromatic rings. The minimum atomic E-state index is -0.829. The summed E-state index contributed by atoms with van der Waals surface area (Å²) in [5.41, 5.74) is 6.25. The second-order valence-electron chi connectivity index (χ2n) is 5.76. The topological polar surface area (TPSA) is 55.1 Å². The zero-order valence-electron chi connectivity index (χ0n) is 12.5. The van der Waals surface area contributed by atoms with Crippen molar-refractivity contribution < 1.29 is 4.79 Å². The van der Waals surface area contributed by atoms with Gasteiger partial charge in [-0.2, -0.15) is 0 Å². The third-order valence-corrected chi connectivity index (χ3v) is 3.91. The predicted octanol–water partition coefficient (Wildman–Crippen LogP) is 2.60. The van der Waals surface area contributed by atoms with Crippen LogP contribution in [0, 0.1) is 0 Å². The van der Waals surface area contributed by atoms with Crippen molar-refractivity contribution in [1.29, 1.82) is 0 Å². The average molecular weight is 262 g/mol. The molecule has 0 saturated carbocycles. The molecule has 106 valence electrons. The highest BCUT2D eigenvalue weighted by Gasteiger charge is 2.30. The van der Waals surface area contributed by atoms with Gasteiger partial charge >= 0.3 is 0 Å². The van der Waals surface area contributed by atoms with Crippen LogP contribution in [0.2, 0.25) is 0 Å². The molecule has 0 aromatic heterocycles. The maximum Gasteiger partial charge on any atom is 0.239 e. The lowest BCUT2D eigenvalue weighted by Crippen LogP contribution is -2.52. The first-order chi connectivity index (χ1) is 8.85. The van der Waals surface area contributed by atoms with E-state index in [-0.39, 0.29) is 11.3 Å². The van der Waals surface area contributed by atoms with Crippen molar-refractivity contribution in [2.24, 2.45) is 5.73 Å². The Kier molecular flexibility index (Phi) is 5.12. The first kappa shape index (κ1) is 15.7. The molecule has 0 aliphatic carbocycles. The monoisotopic (exact) mass is 262 g/mol. The smallest absolute Gasteiger partial charge is 0.239 e. The summed E-state index contributed by atoms with van der Waals surface area (Å²) in [6, 6.07) is 10.4. The Bertz CT molecular complexity index is 403. The zero-order chi connectivity index (χ0) is 14.5. The van der Waals surface area contributed by atoms with Crippen molar-refractivity contribution in [2.75, 3.05) is 6.54 Å². The van der Waals surface area contributed by atoms with Gasteiger partial charge in [0.2, 0.25) is 5.91 Å². The Labute approximate surface area is 116 Å². The fraction of sp³-hybridized carbons (Fsp3) is 0.562. The standard InChI is InChI=1S/C16H26N2O/c1-5-16(6-2,13-10-8-7-9-11-13)12-18-14(19)15(3,4)17/h7-11H,5-6,12,17H2,1-4H3,(H,18,19). The molecule has 0 heterocycles. The van der Waals surface area contributed by atoms with E-state index in [9.17, 15) is 4.79 Å². The van der Waals surface area contributed by atoms with E-state index in [0.717, 1.165) is 12.8 Å². The molecule has 0 bridgehead atoms. The minimum Gasteiger partial charge on any atom is -0.354 e. The van der Waals surface area contributed by atoms with Gasteiger partial charge in [0.05, 0.1) is 5.54 Å². The van der Waals surface area contributed by atoms with E-state index >= 15 is 0 Å². The number of nitrogens with two attached hydrogens (primary N) is 1. The van der Waals surface area contributed by atoms with Gasteiger partial charge < -0.3 is 11.1 Å². The molecular weight excluding hydrogens is 236 g/mol. The Morgan fingerprint density at radius 2 is 1.68 bits per heavy atom. The lowest BCUT2D eigenvalue weighted by molar-refractivity contribution is -0.125. The lowest BCUT2D eigenvalue weighted by atomic mass is 9.75. The van der Waals surface area contributed by atoms with Crippen molar-refractivity contribution in [3.63, 3.8) is 0 Å². The molecule has 3 heteroatoms. The van der Waals surface area contributed by atoms with Gasteiger partial charge in [0.25, 0.3) is 0 Å². The van der Waals surface area contributed by atoms with Crippen LogP contribution >= 0.6 is 0 Å². The highest BCUT2D eigenvalue weighted by atomic mass is 16.2. The van der Waals surface area contributed by atoms with Crippen molar-refractivity contribution in [2.45, 2.75) is 51.5 Å². The van der Waals surface area contributed by atoms with Gasteiger partial charge in [-0.25, -0.2) is 0 Å². The van der Waals surface area contributed by atoms with Gasteiger partial charge in [-0.15, -0.1) is 0 Å². The Morgan fingerprint density at radius 3 is 2.11 bits per heavy atom. The van der Waals surface area contributed by atoms with Crippen molar-refractivity contribution >= 4 is 5.91 Å². The van der Waals surface area contributed by atoms with E-state index in [0.29, 0.717) is 6.54 Å². The molecule has 0 aliphatic rings. The second-order valence-corrected chi connectivity index (χ2v) is 5.76. The third kappa shape index (κ3) is 3.80. The molecule has 0 radical (unpaired) electrons. The highest BCUT2D eigenvalue weighted by molar-refractivity contribution is 5.85. The number of amides is 1. The van der Waals surface area contributed by atoms with Crippen LogP contribution in [0.4, 0.5) is 0 Å². The Hall–Kier alpha value is -1.35. The molecule has 1 aromatic carbocycles. The number of hydrogen-bond donors (Lipinski definition) is 2. The zero-order valence-corrected chi connectivity index (χ0v) is 12.5. The van der Waals surface area contributed by atoms with Gasteiger partial charge in [-0.05, 0) is 32.3 Å². The summed E-state index contributed by atoms with van der Waals surface area (Å²) in [4.78, 5) is 11.9. The fourth-order valence-electron chi connectivity index (χ4n) is 2.28. The molecule has 0 spiro atoms. The van der Waals surface area contributed by atoms with Crippen LogP contribution in [0.15, 0.2) is 30.3 Å². The third-order valence-electron chi connectivity index (χ3n) is 3.91. The summed E-state index contributed by atoms with van der Waals surface area (Å²) in [6.45, 7) is 8.41. The maximum atomic E-state index is 11.9. The molecule has 1 amide bonds. The summed E-state index contributed by atoms with van der Waals surface area (Å²) >= 11 is 0. The molecule has 3 nitrogen and oxygen atoms in total. The van der Waals surface area contributed by atoms with E-state index in [4.69, 9.17) is 5.73 Å². The first-order valence-electron chi connectivity index (χ1n) is 6.98. The van der Waals surface area contributed by atoms with Crippen molar-refractivity contribution in [3.05, 3.63) is 35.9 Å². The number of rotatable bonds is 6. The second kappa shape index (κ2) is 6.20. The van der Waals surface area contributed by atoms with Crippen LogP contribution in [-0.2, 0) is 10.2 Å². The van der Waals surface area contributed by atoms with Gasteiger partial charge in [0, 0.05) is 12.0 Å². The normalized spacial score (nSPS) is 12.3. The molecule has 0 saturated heterocycles. The minimum absolute atomic E-state index is 0.0117. The molecule has 0 aliphatic heterocycles. The Morgan fingerprint density at radius 1 is 1.16 bits per heavy atom. The maximum absolute atomic E-state index is 11.9. The summed E-state index contributed by atoms with van der Waals surface area (Å²) < 4.78 is 0. The molecular formula is C16H26N2O. The van der Waals surface area contributed by atoms with Crippen LogP contribution in [0.3, 0.4) is 0 Å². The predicted molar refractivity (Wildman–Crippen MR) is 80.0 cm³/mol. The summed E-state index contributed by atoms with van der Waals surface area (Å²) in [5, 5.41) is 3.00. The largest absolute Gasteiger partial charge is 0.354 e. The quantitative estimate of drug-likeness (QED) is 0.828. The average Bonchev–Trinajstić information content (AvgIpc) is 2.40. The number of hydrogen-bond acceptors (Lipinski definition) is 2. The fourth-order valence-corrected chi connectivity index (χ4v) is 2.28. The summed E-state index contributed by atoms with van der Waals surface area (Å²) in [6.07, 6.45) is 1.97. The number of carbonyl (C=O) groups excluding carboxylic acids is 1. The number of benzene rings is 1. The van der Waals surface area contributed by atoms with Crippen molar-refractivity contribution in [1.82, 2.24) is 5.32 Å². The summed E-state index contributed by atoms with van der Waals surface area (Å²) in [7, 11) is 0.